The van der Waals surface area contributed by atoms with Gasteiger partial charge in [-0.05, 0) is 48.0 Å². The van der Waals surface area contributed by atoms with Gasteiger partial charge in [0.2, 0.25) is 5.91 Å². The molecule has 26 heavy (non-hydrogen) atoms. The Bertz CT molecular complexity index is 880. The lowest BCUT2D eigenvalue weighted by Crippen LogP contribution is -2.15. The molecule has 1 amide bonds. The van der Waals surface area contributed by atoms with Crippen LogP contribution in [-0.4, -0.2) is 18.0 Å². The van der Waals surface area contributed by atoms with E-state index in [0.717, 1.165) is 11.4 Å². The van der Waals surface area contributed by atoms with Crippen molar-refractivity contribution >= 4 is 23.1 Å². The SMILES string of the molecule is COc1ccc(Nc2ccc(NC(=O)Cc3ccccc3F)cn2)cc1. The summed E-state index contributed by atoms with van der Waals surface area (Å²) in [6.45, 7) is 0. The molecule has 1 heterocycles. The highest BCUT2D eigenvalue weighted by atomic mass is 19.1. The number of nitrogens with one attached hydrogen (secondary N) is 2. The normalized spacial score (nSPS) is 10.2. The van der Waals surface area contributed by atoms with Crippen molar-refractivity contribution in [1.29, 1.82) is 0 Å². The molecule has 2 aromatic carbocycles. The van der Waals surface area contributed by atoms with Crippen LogP contribution < -0.4 is 15.4 Å². The van der Waals surface area contributed by atoms with Crippen LogP contribution in [0.1, 0.15) is 5.56 Å². The summed E-state index contributed by atoms with van der Waals surface area (Å²) in [6, 6.07) is 17.2. The van der Waals surface area contributed by atoms with E-state index in [9.17, 15) is 9.18 Å². The van der Waals surface area contributed by atoms with Crippen molar-refractivity contribution in [3.05, 3.63) is 78.2 Å². The topological polar surface area (TPSA) is 63.2 Å². The fourth-order valence-corrected chi connectivity index (χ4v) is 2.38. The first-order chi connectivity index (χ1) is 12.6. The number of rotatable bonds is 6. The molecule has 0 unspecified atom stereocenters. The zero-order valence-corrected chi connectivity index (χ0v) is 14.2. The fraction of sp³-hybridized carbons (Fsp3) is 0.100. The molecule has 0 radical (unpaired) electrons. The molecule has 132 valence electrons. The number of amides is 1. The van der Waals surface area contributed by atoms with Crippen molar-refractivity contribution in [3.63, 3.8) is 0 Å². The van der Waals surface area contributed by atoms with Crippen molar-refractivity contribution in [2.45, 2.75) is 6.42 Å². The standard InChI is InChI=1S/C20H18FN3O2/c1-26-17-9-6-15(7-10-17)23-19-11-8-16(13-22-19)24-20(25)12-14-4-2-3-5-18(14)21/h2-11,13H,12H2,1H3,(H,22,23)(H,24,25). The van der Waals surface area contributed by atoms with E-state index in [-0.39, 0.29) is 18.1 Å². The highest BCUT2D eigenvalue weighted by Crippen LogP contribution is 2.19. The lowest BCUT2D eigenvalue weighted by molar-refractivity contribution is -0.115. The largest absolute Gasteiger partial charge is 0.497 e. The van der Waals surface area contributed by atoms with Crippen LogP contribution in [0, 0.1) is 5.82 Å². The van der Waals surface area contributed by atoms with Gasteiger partial charge < -0.3 is 15.4 Å². The van der Waals surface area contributed by atoms with E-state index >= 15 is 0 Å². The summed E-state index contributed by atoms with van der Waals surface area (Å²) in [5.74, 6) is 0.728. The van der Waals surface area contributed by atoms with Crippen LogP contribution in [0.25, 0.3) is 0 Å². The Morgan fingerprint density at radius 2 is 1.77 bits per heavy atom. The van der Waals surface area contributed by atoms with Crippen molar-refractivity contribution in [1.82, 2.24) is 4.98 Å². The van der Waals surface area contributed by atoms with Crippen LogP contribution in [0.2, 0.25) is 0 Å². The summed E-state index contributed by atoms with van der Waals surface area (Å²) in [5.41, 5.74) is 1.78. The number of ether oxygens (including phenoxy) is 1. The molecular weight excluding hydrogens is 333 g/mol. The molecule has 5 nitrogen and oxygen atoms in total. The van der Waals surface area contributed by atoms with E-state index in [4.69, 9.17) is 4.74 Å². The molecule has 0 saturated carbocycles. The van der Waals surface area contributed by atoms with Crippen molar-refractivity contribution in [2.24, 2.45) is 0 Å². The van der Waals surface area contributed by atoms with Gasteiger partial charge in [-0.2, -0.15) is 0 Å². The average molecular weight is 351 g/mol. The number of benzene rings is 2. The second-order valence-corrected chi connectivity index (χ2v) is 5.60. The average Bonchev–Trinajstić information content (AvgIpc) is 2.66. The number of anilines is 3. The Morgan fingerprint density at radius 3 is 2.42 bits per heavy atom. The van der Waals surface area contributed by atoms with E-state index in [1.807, 2.05) is 24.3 Å². The Labute approximate surface area is 150 Å². The second kappa shape index (κ2) is 8.11. The monoisotopic (exact) mass is 351 g/mol. The van der Waals surface area contributed by atoms with Gasteiger partial charge in [0.05, 0.1) is 25.4 Å². The molecule has 3 rings (SSSR count). The van der Waals surface area contributed by atoms with Gasteiger partial charge in [-0.3, -0.25) is 4.79 Å². The Morgan fingerprint density at radius 1 is 1.04 bits per heavy atom. The van der Waals surface area contributed by atoms with Gasteiger partial charge in [-0.15, -0.1) is 0 Å². The second-order valence-electron chi connectivity index (χ2n) is 5.60. The molecule has 2 N–H and O–H groups in total. The predicted molar refractivity (Wildman–Crippen MR) is 99.2 cm³/mol. The van der Waals surface area contributed by atoms with Gasteiger partial charge in [0, 0.05) is 5.69 Å². The number of carbonyl (C=O) groups is 1. The number of carbonyl (C=O) groups excluding carboxylic acids is 1. The fourth-order valence-electron chi connectivity index (χ4n) is 2.38. The zero-order valence-electron chi connectivity index (χ0n) is 14.2. The van der Waals surface area contributed by atoms with Crippen LogP contribution in [-0.2, 0) is 11.2 Å². The molecule has 0 fully saturated rings. The van der Waals surface area contributed by atoms with E-state index in [0.29, 0.717) is 17.1 Å². The summed E-state index contributed by atoms with van der Waals surface area (Å²) >= 11 is 0. The zero-order chi connectivity index (χ0) is 18.4. The first kappa shape index (κ1) is 17.4. The summed E-state index contributed by atoms with van der Waals surface area (Å²) in [4.78, 5) is 16.3. The number of aromatic nitrogens is 1. The van der Waals surface area contributed by atoms with Crippen molar-refractivity contribution < 1.29 is 13.9 Å². The number of nitrogens with zero attached hydrogens (tertiary/aromatic N) is 1. The van der Waals surface area contributed by atoms with Crippen LogP contribution >= 0.6 is 0 Å². The van der Waals surface area contributed by atoms with Gasteiger partial charge in [0.1, 0.15) is 17.4 Å². The highest BCUT2D eigenvalue weighted by molar-refractivity contribution is 5.92. The molecule has 0 spiro atoms. The summed E-state index contributed by atoms with van der Waals surface area (Å²) in [6.07, 6.45) is 1.52. The number of hydrogen-bond donors (Lipinski definition) is 2. The molecule has 1 aromatic heterocycles. The number of halogens is 1. The molecule has 6 heteroatoms. The lowest BCUT2D eigenvalue weighted by atomic mass is 10.1. The predicted octanol–water partition coefficient (Wildman–Crippen LogP) is 4.15. The molecule has 0 saturated heterocycles. The van der Waals surface area contributed by atoms with Crippen LogP contribution in [0.5, 0.6) is 5.75 Å². The van der Waals surface area contributed by atoms with Crippen LogP contribution in [0.15, 0.2) is 66.9 Å². The molecule has 0 aliphatic rings. The first-order valence-electron chi connectivity index (χ1n) is 8.04. The molecular formula is C20H18FN3O2. The molecule has 3 aromatic rings. The molecule has 0 aliphatic carbocycles. The van der Waals surface area contributed by atoms with E-state index in [1.165, 1.54) is 6.07 Å². The Kier molecular flexibility index (Phi) is 5.43. The van der Waals surface area contributed by atoms with Crippen molar-refractivity contribution in [2.75, 3.05) is 17.7 Å². The summed E-state index contributed by atoms with van der Waals surface area (Å²) in [5, 5.41) is 5.87. The number of pyridine rings is 1. The van der Waals surface area contributed by atoms with Crippen LogP contribution in [0.3, 0.4) is 0 Å². The van der Waals surface area contributed by atoms with Gasteiger partial charge in [-0.1, -0.05) is 18.2 Å². The first-order valence-corrected chi connectivity index (χ1v) is 8.04. The van der Waals surface area contributed by atoms with Gasteiger partial charge in [-0.25, -0.2) is 9.37 Å². The Hall–Kier alpha value is -3.41. The molecule has 0 atom stereocenters. The highest BCUT2D eigenvalue weighted by Gasteiger charge is 2.08. The van der Waals surface area contributed by atoms with Crippen LogP contribution in [0.4, 0.5) is 21.6 Å². The minimum absolute atomic E-state index is 0.0292. The lowest BCUT2D eigenvalue weighted by Gasteiger charge is -2.09. The number of methoxy groups -OCH3 is 1. The minimum atomic E-state index is -0.389. The maximum absolute atomic E-state index is 13.6. The summed E-state index contributed by atoms with van der Waals surface area (Å²) in [7, 11) is 1.61. The Balaban J connectivity index is 1.58. The maximum Gasteiger partial charge on any atom is 0.228 e. The third kappa shape index (κ3) is 4.57. The molecule has 0 aliphatic heterocycles. The van der Waals surface area contributed by atoms with Gasteiger partial charge in [0.25, 0.3) is 0 Å². The summed E-state index contributed by atoms with van der Waals surface area (Å²) < 4.78 is 18.7. The van der Waals surface area contributed by atoms with E-state index < -0.39 is 0 Å². The third-order valence-corrected chi connectivity index (χ3v) is 3.72. The van der Waals surface area contributed by atoms with Gasteiger partial charge >= 0.3 is 0 Å². The van der Waals surface area contributed by atoms with Crippen molar-refractivity contribution in [3.8, 4) is 5.75 Å². The van der Waals surface area contributed by atoms with Gasteiger partial charge in [0.15, 0.2) is 0 Å². The third-order valence-electron chi connectivity index (χ3n) is 3.72. The maximum atomic E-state index is 13.6. The van der Waals surface area contributed by atoms with E-state index in [1.54, 1.807) is 43.6 Å². The number of hydrogen-bond acceptors (Lipinski definition) is 4. The smallest absolute Gasteiger partial charge is 0.228 e. The van der Waals surface area contributed by atoms with E-state index in [2.05, 4.69) is 15.6 Å². The quantitative estimate of drug-likeness (QED) is 0.700. The minimum Gasteiger partial charge on any atom is -0.497 e. The molecule has 0 bridgehead atoms.